The molecule has 8 heteroatoms. The molecule has 0 unspecified atom stereocenters. The van der Waals surface area contributed by atoms with E-state index in [1.54, 1.807) is 25.4 Å². The van der Waals surface area contributed by atoms with Gasteiger partial charge in [-0.25, -0.2) is 9.78 Å². The lowest BCUT2D eigenvalue weighted by atomic mass is 10.1. The first-order valence-corrected chi connectivity index (χ1v) is 7.83. The molecule has 1 aromatic heterocycles. The van der Waals surface area contributed by atoms with Crippen LogP contribution in [-0.2, 0) is 11.3 Å². The molecule has 0 fully saturated rings. The van der Waals surface area contributed by atoms with Crippen molar-refractivity contribution in [1.29, 1.82) is 0 Å². The number of esters is 1. The zero-order chi connectivity index (χ0) is 15.4. The number of aromatic nitrogens is 1. The van der Waals surface area contributed by atoms with Crippen molar-refractivity contribution in [2.24, 2.45) is 0 Å². The molecule has 0 amide bonds. The summed E-state index contributed by atoms with van der Waals surface area (Å²) in [5.41, 5.74) is 1.03. The highest BCUT2D eigenvalue weighted by atomic mass is 79.9. The lowest BCUT2D eigenvalue weighted by molar-refractivity contribution is 0.0601. The molecule has 0 saturated heterocycles. The van der Waals surface area contributed by atoms with Gasteiger partial charge in [0.05, 0.1) is 36.5 Å². The summed E-state index contributed by atoms with van der Waals surface area (Å²) in [6.07, 6.45) is 1.69. The molecule has 0 aliphatic carbocycles. The third kappa shape index (κ3) is 3.87. The Morgan fingerprint density at radius 2 is 2.24 bits per heavy atom. The summed E-state index contributed by atoms with van der Waals surface area (Å²) in [6, 6.07) is 3.39. The SMILES string of the molecule is COC(=O)c1cc(Br)c(OC)cc1NCc1cnc(Cl)s1. The van der Waals surface area contributed by atoms with Crippen LogP contribution in [0.1, 0.15) is 15.2 Å². The number of thiazole rings is 1. The molecule has 0 bridgehead atoms. The van der Waals surface area contributed by atoms with E-state index in [0.29, 0.717) is 32.5 Å². The number of ether oxygens (including phenoxy) is 2. The van der Waals surface area contributed by atoms with Gasteiger partial charge in [-0.15, -0.1) is 11.3 Å². The maximum Gasteiger partial charge on any atom is 0.340 e. The summed E-state index contributed by atoms with van der Waals surface area (Å²) >= 11 is 10.5. The topological polar surface area (TPSA) is 60.5 Å². The number of carbonyl (C=O) groups is 1. The Morgan fingerprint density at radius 1 is 1.48 bits per heavy atom. The third-order valence-corrected chi connectivity index (χ3v) is 4.41. The third-order valence-electron chi connectivity index (χ3n) is 2.68. The molecule has 1 N–H and O–H groups in total. The first-order chi connectivity index (χ1) is 10.0. The number of nitrogens with one attached hydrogen (secondary N) is 1. The summed E-state index contributed by atoms with van der Waals surface area (Å²) in [6.45, 7) is 0.499. The van der Waals surface area contributed by atoms with Crippen molar-refractivity contribution in [3.63, 3.8) is 0 Å². The Morgan fingerprint density at radius 3 is 2.81 bits per heavy atom. The van der Waals surface area contributed by atoms with Crippen LogP contribution in [0.15, 0.2) is 22.8 Å². The van der Waals surface area contributed by atoms with E-state index >= 15 is 0 Å². The number of halogens is 2. The van der Waals surface area contributed by atoms with Crippen molar-refractivity contribution in [3.05, 3.63) is 37.7 Å². The summed E-state index contributed by atoms with van der Waals surface area (Å²) in [4.78, 5) is 16.8. The average molecular weight is 392 g/mol. The van der Waals surface area contributed by atoms with E-state index in [-0.39, 0.29) is 0 Å². The van der Waals surface area contributed by atoms with Crippen molar-refractivity contribution in [1.82, 2.24) is 4.98 Å². The van der Waals surface area contributed by atoms with Crippen LogP contribution in [0.5, 0.6) is 5.75 Å². The van der Waals surface area contributed by atoms with Gasteiger partial charge in [0.2, 0.25) is 0 Å². The quantitative estimate of drug-likeness (QED) is 0.782. The second kappa shape index (κ2) is 7.11. The maximum absolute atomic E-state index is 11.8. The Bertz CT molecular complexity index is 663. The molecule has 0 atom stereocenters. The molecule has 0 spiro atoms. The van der Waals surface area contributed by atoms with Gasteiger partial charge in [-0.3, -0.25) is 0 Å². The van der Waals surface area contributed by atoms with Gasteiger partial charge < -0.3 is 14.8 Å². The zero-order valence-corrected chi connectivity index (χ0v) is 14.4. The Hall–Kier alpha value is -1.31. The van der Waals surface area contributed by atoms with Gasteiger partial charge >= 0.3 is 5.97 Å². The van der Waals surface area contributed by atoms with Crippen molar-refractivity contribution in [2.75, 3.05) is 19.5 Å². The lowest BCUT2D eigenvalue weighted by Crippen LogP contribution is -2.08. The van der Waals surface area contributed by atoms with Gasteiger partial charge in [0.1, 0.15) is 5.75 Å². The Kier molecular flexibility index (Phi) is 5.44. The highest BCUT2D eigenvalue weighted by molar-refractivity contribution is 9.10. The fraction of sp³-hybridized carbons (Fsp3) is 0.231. The summed E-state index contributed by atoms with van der Waals surface area (Å²) < 4.78 is 11.2. The molecule has 1 heterocycles. The van der Waals surface area contributed by atoms with Crippen molar-refractivity contribution < 1.29 is 14.3 Å². The van der Waals surface area contributed by atoms with Gasteiger partial charge in [-0.2, -0.15) is 0 Å². The van der Waals surface area contributed by atoms with Gasteiger partial charge in [0.25, 0.3) is 0 Å². The molecular formula is C13H12BrClN2O3S. The number of anilines is 1. The second-order valence-electron chi connectivity index (χ2n) is 3.96. The van der Waals surface area contributed by atoms with Crippen LogP contribution in [0.25, 0.3) is 0 Å². The fourth-order valence-corrected chi connectivity index (χ4v) is 3.11. The number of methoxy groups -OCH3 is 2. The van der Waals surface area contributed by atoms with E-state index in [9.17, 15) is 4.79 Å². The van der Waals surface area contributed by atoms with Crippen LogP contribution in [0, 0.1) is 0 Å². The predicted octanol–water partition coefficient (Wildman–Crippen LogP) is 3.97. The van der Waals surface area contributed by atoms with Crippen LogP contribution in [0.2, 0.25) is 4.47 Å². The van der Waals surface area contributed by atoms with Gasteiger partial charge in [0.15, 0.2) is 4.47 Å². The minimum Gasteiger partial charge on any atom is -0.495 e. The van der Waals surface area contributed by atoms with Crippen molar-refractivity contribution in [3.8, 4) is 5.75 Å². The van der Waals surface area contributed by atoms with E-state index in [2.05, 4.69) is 26.2 Å². The number of hydrogen-bond donors (Lipinski definition) is 1. The molecule has 0 saturated carbocycles. The van der Waals surface area contributed by atoms with Crippen LogP contribution >= 0.6 is 38.9 Å². The summed E-state index contributed by atoms with van der Waals surface area (Å²) in [5, 5.41) is 3.17. The minimum absolute atomic E-state index is 0.417. The van der Waals surface area contributed by atoms with E-state index in [0.717, 1.165) is 4.88 Å². The van der Waals surface area contributed by atoms with Crippen LogP contribution in [-0.4, -0.2) is 25.2 Å². The van der Waals surface area contributed by atoms with Gasteiger partial charge in [-0.05, 0) is 22.0 Å². The van der Waals surface area contributed by atoms with Crippen molar-refractivity contribution in [2.45, 2.75) is 6.54 Å². The summed E-state index contributed by atoms with van der Waals surface area (Å²) in [7, 11) is 2.90. The molecule has 2 aromatic rings. The highest BCUT2D eigenvalue weighted by Crippen LogP contribution is 2.32. The first-order valence-electron chi connectivity index (χ1n) is 5.85. The van der Waals surface area contributed by atoms with E-state index < -0.39 is 5.97 Å². The normalized spacial score (nSPS) is 10.3. The van der Waals surface area contributed by atoms with E-state index in [4.69, 9.17) is 21.1 Å². The molecule has 0 aliphatic rings. The molecule has 0 radical (unpaired) electrons. The lowest BCUT2D eigenvalue weighted by Gasteiger charge is -2.13. The monoisotopic (exact) mass is 390 g/mol. The number of rotatable bonds is 5. The average Bonchev–Trinajstić information content (AvgIpc) is 2.90. The predicted molar refractivity (Wildman–Crippen MR) is 86.5 cm³/mol. The molecule has 5 nitrogen and oxygen atoms in total. The summed E-state index contributed by atoms with van der Waals surface area (Å²) in [5.74, 6) is 0.190. The van der Waals surface area contributed by atoms with Crippen LogP contribution < -0.4 is 10.1 Å². The molecular weight excluding hydrogens is 380 g/mol. The minimum atomic E-state index is -0.428. The zero-order valence-electron chi connectivity index (χ0n) is 11.3. The smallest absolute Gasteiger partial charge is 0.340 e. The second-order valence-corrected chi connectivity index (χ2v) is 6.51. The Balaban J connectivity index is 2.28. The first kappa shape index (κ1) is 16.1. The highest BCUT2D eigenvalue weighted by Gasteiger charge is 2.16. The number of benzene rings is 1. The fourth-order valence-electron chi connectivity index (χ4n) is 1.68. The van der Waals surface area contributed by atoms with Crippen molar-refractivity contribution >= 4 is 50.5 Å². The largest absolute Gasteiger partial charge is 0.495 e. The van der Waals surface area contributed by atoms with E-state index in [1.807, 2.05) is 0 Å². The molecule has 0 aliphatic heterocycles. The van der Waals surface area contributed by atoms with Crippen LogP contribution in [0.4, 0.5) is 5.69 Å². The number of nitrogens with zero attached hydrogens (tertiary/aromatic N) is 1. The molecule has 1 aromatic carbocycles. The standard InChI is InChI=1S/C13H12BrClN2O3S/c1-19-11-4-10(8(3-9(11)14)12(18)20-2)16-5-7-6-17-13(15)21-7/h3-4,6,16H,5H2,1-2H3. The van der Waals surface area contributed by atoms with Gasteiger partial charge in [0, 0.05) is 17.1 Å². The Labute approximate surface area is 139 Å². The van der Waals surface area contributed by atoms with E-state index in [1.165, 1.54) is 18.4 Å². The maximum atomic E-state index is 11.8. The molecule has 2 rings (SSSR count). The number of carbonyl (C=O) groups excluding carboxylic acids is 1. The van der Waals surface area contributed by atoms with Gasteiger partial charge in [-0.1, -0.05) is 11.6 Å². The number of hydrogen-bond acceptors (Lipinski definition) is 6. The van der Waals surface area contributed by atoms with Crippen LogP contribution in [0.3, 0.4) is 0 Å². The molecule has 112 valence electrons. The molecule has 21 heavy (non-hydrogen) atoms.